The molecule has 0 aromatic carbocycles. The molecule has 0 aliphatic carbocycles. The molecular weight excluding hydrogens is 350 g/mol. The zero-order valence-electron chi connectivity index (χ0n) is 16.6. The van der Waals surface area contributed by atoms with Gasteiger partial charge in [0.1, 0.15) is 0 Å². The molecule has 1 aromatic heterocycles. The van der Waals surface area contributed by atoms with E-state index in [2.05, 4.69) is 20.8 Å². The fourth-order valence-corrected chi connectivity index (χ4v) is 3.69. The fourth-order valence-electron chi connectivity index (χ4n) is 3.69. The Bertz CT molecular complexity index is 779. The van der Waals surface area contributed by atoms with E-state index in [1.165, 1.54) is 4.57 Å². The van der Waals surface area contributed by atoms with Gasteiger partial charge < -0.3 is 9.47 Å². The van der Waals surface area contributed by atoms with Crippen LogP contribution in [0, 0.1) is 5.41 Å². The maximum Gasteiger partial charge on any atom is 0.336 e. The summed E-state index contributed by atoms with van der Waals surface area (Å²) in [6.45, 7) is 8.43. The van der Waals surface area contributed by atoms with Gasteiger partial charge in [0.2, 0.25) is 0 Å². The van der Waals surface area contributed by atoms with Gasteiger partial charge in [-0.05, 0) is 24.7 Å². The third-order valence-corrected chi connectivity index (χ3v) is 5.83. The molecule has 0 saturated carbocycles. The van der Waals surface area contributed by atoms with Gasteiger partial charge in [-0.25, -0.2) is 28.1 Å². The first-order valence-electron chi connectivity index (χ1n) is 10.1. The summed E-state index contributed by atoms with van der Waals surface area (Å²) in [6.07, 6.45) is 4.76. The van der Waals surface area contributed by atoms with Gasteiger partial charge in [-0.1, -0.05) is 33.6 Å². The van der Waals surface area contributed by atoms with Crippen molar-refractivity contribution in [1.29, 1.82) is 0 Å². The van der Waals surface area contributed by atoms with Crippen molar-refractivity contribution < 1.29 is 9.47 Å². The lowest BCUT2D eigenvalue weighted by Crippen LogP contribution is -2.55. The van der Waals surface area contributed by atoms with Crippen LogP contribution in [0.15, 0.2) is 14.4 Å². The lowest BCUT2D eigenvalue weighted by Gasteiger charge is -2.28. The second-order valence-electron chi connectivity index (χ2n) is 8.15. The first-order chi connectivity index (χ1) is 12.9. The second-order valence-corrected chi connectivity index (χ2v) is 8.15. The van der Waals surface area contributed by atoms with Crippen LogP contribution in [0.25, 0.3) is 0 Å². The monoisotopic (exact) mass is 381 g/mol. The first-order valence-corrected chi connectivity index (χ1v) is 10.1. The molecule has 0 spiro atoms. The third-order valence-electron chi connectivity index (χ3n) is 5.83. The van der Waals surface area contributed by atoms with Crippen molar-refractivity contribution in [3.8, 4) is 0 Å². The molecule has 27 heavy (non-hydrogen) atoms. The van der Waals surface area contributed by atoms with Crippen LogP contribution in [0.4, 0.5) is 0 Å². The van der Waals surface area contributed by atoms with E-state index in [4.69, 9.17) is 9.47 Å². The zero-order valence-corrected chi connectivity index (χ0v) is 16.6. The number of epoxide rings is 2. The Labute approximate surface area is 158 Å². The molecule has 2 aliphatic heterocycles. The van der Waals surface area contributed by atoms with Crippen molar-refractivity contribution in [3.05, 3.63) is 31.5 Å². The molecule has 2 fully saturated rings. The molecule has 3 atom stereocenters. The van der Waals surface area contributed by atoms with E-state index in [0.29, 0.717) is 19.8 Å². The first kappa shape index (κ1) is 20.1. The largest absolute Gasteiger partial charge is 0.371 e. The van der Waals surface area contributed by atoms with Gasteiger partial charge in [0, 0.05) is 6.54 Å². The summed E-state index contributed by atoms with van der Waals surface area (Å²) < 4.78 is 13.9. The Balaban J connectivity index is 1.85. The van der Waals surface area contributed by atoms with Crippen LogP contribution in [-0.4, -0.2) is 39.1 Å². The summed E-state index contributed by atoms with van der Waals surface area (Å²) >= 11 is 0. The number of hydrogen-bond donors (Lipinski definition) is 0. The number of aromatic nitrogens is 3. The van der Waals surface area contributed by atoms with Crippen LogP contribution in [-0.2, 0) is 29.1 Å². The van der Waals surface area contributed by atoms with Crippen LogP contribution in [0.3, 0.4) is 0 Å². The van der Waals surface area contributed by atoms with Crippen LogP contribution in [0.1, 0.15) is 52.9 Å². The maximum atomic E-state index is 12.8. The smallest absolute Gasteiger partial charge is 0.336 e. The lowest BCUT2D eigenvalue weighted by molar-refractivity contribution is 0.243. The highest BCUT2D eigenvalue weighted by Crippen LogP contribution is 2.32. The minimum absolute atomic E-state index is 0.111. The molecule has 1 aromatic rings. The van der Waals surface area contributed by atoms with Crippen molar-refractivity contribution in [2.24, 2.45) is 5.41 Å². The van der Waals surface area contributed by atoms with E-state index in [1.54, 1.807) is 0 Å². The summed E-state index contributed by atoms with van der Waals surface area (Å²) in [5, 5.41) is 0. The van der Waals surface area contributed by atoms with Gasteiger partial charge in [0.15, 0.2) is 0 Å². The van der Waals surface area contributed by atoms with E-state index >= 15 is 0 Å². The van der Waals surface area contributed by atoms with Crippen LogP contribution in [0.2, 0.25) is 0 Å². The van der Waals surface area contributed by atoms with Crippen LogP contribution >= 0.6 is 0 Å². The molecule has 152 valence electrons. The zero-order chi connectivity index (χ0) is 19.6. The Morgan fingerprint density at radius 1 is 0.889 bits per heavy atom. The minimum atomic E-state index is -0.559. The SMILES string of the molecule is CCC[C@@](C)(CC)CCCn1c(=O)n(CC2CO2)c(=O)n(CC2CO2)c1=O. The molecule has 8 heteroatoms. The average Bonchev–Trinajstić information content (AvgIpc) is 3.54. The highest BCUT2D eigenvalue weighted by Gasteiger charge is 2.29. The summed E-state index contributed by atoms with van der Waals surface area (Å²) in [6, 6.07) is 0. The highest BCUT2D eigenvalue weighted by atomic mass is 16.6. The van der Waals surface area contributed by atoms with Gasteiger partial charge in [-0.3, -0.25) is 0 Å². The third kappa shape index (κ3) is 4.79. The van der Waals surface area contributed by atoms with Gasteiger partial charge in [-0.2, -0.15) is 0 Å². The maximum absolute atomic E-state index is 12.8. The summed E-state index contributed by atoms with van der Waals surface area (Å²) in [5.41, 5.74) is -1.39. The topological polar surface area (TPSA) is 91.1 Å². The summed E-state index contributed by atoms with van der Waals surface area (Å²) in [5.74, 6) is 0. The minimum Gasteiger partial charge on any atom is -0.371 e. The van der Waals surface area contributed by atoms with Crippen molar-refractivity contribution in [2.75, 3.05) is 13.2 Å². The Morgan fingerprint density at radius 2 is 1.37 bits per heavy atom. The normalized spacial score (nSPS) is 23.2. The van der Waals surface area contributed by atoms with E-state index in [1.807, 2.05) is 0 Å². The Hall–Kier alpha value is -1.67. The molecule has 0 radical (unpaired) electrons. The molecule has 0 amide bonds. The molecule has 3 rings (SSSR count). The van der Waals surface area contributed by atoms with Gasteiger partial charge >= 0.3 is 17.1 Å². The van der Waals surface area contributed by atoms with Crippen LogP contribution < -0.4 is 17.1 Å². The molecule has 2 aliphatic rings. The molecule has 0 N–H and O–H groups in total. The van der Waals surface area contributed by atoms with Crippen molar-refractivity contribution in [2.45, 2.75) is 84.7 Å². The number of hydrogen-bond acceptors (Lipinski definition) is 5. The molecular formula is C19H31N3O5. The molecule has 0 bridgehead atoms. The molecule has 2 unspecified atom stereocenters. The predicted molar refractivity (Wildman–Crippen MR) is 101 cm³/mol. The Kier molecular flexibility index (Phi) is 6.05. The standard InChI is InChI=1S/C19H31N3O5/c1-4-7-19(3,5-2)8-6-9-20-16(23)21(10-14-12-26-14)18(25)22(17(20)24)11-15-13-27-15/h14-15H,4-13H2,1-3H3/t14?,15?,19-/m1/s1. The number of ether oxygens (including phenoxy) is 2. The molecule has 2 saturated heterocycles. The number of nitrogens with zero attached hydrogens (tertiary/aromatic N) is 3. The molecule has 8 nitrogen and oxygen atoms in total. The average molecular weight is 381 g/mol. The van der Waals surface area contributed by atoms with Gasteiger partial charge in [0.25, 0.3) is 0 Å². The van der Waals surface area contributed by atoms with Crippen molar-refractivity contribution >= 4 is 0 Å². The summed E-state index contributed by atoms with van der Waals surface area (Å²) in [7, 11) is 0. The highest BCUT2D eigenvalue weighted by molar-refractivity contribution is 4.85. The van der Waals surface area contributed by atoms with Gasteiger partial charge in [0.05, 0.1) is 38.5 Å². The second kappa shape index (κ2) is 8.14. The van der Waals surface area contributed by atoms with Gasteiger partial charge in [-0.15, -0.1) is 0 Å². The van der Waals surface area contributed by atoms with E-state index in [0.717, 1.165) is 41.2 Å². The quantitative estimate of drug-likeness (QED) is 0.533. The van der Waals surface area contributed by atoms with Crippen molar-refractivity contribution in [1.82, 2.24) is 13.7 Å². The predicted octanol–water partition coefficient (Wildman–Crippen LogP) is 0.966. The summed E-state index contributed by atoms with van der Waals surface area (Å²) in [4.78, 5) is 38.3. The van der Waals surface area contributed by atoms with Crippen molar-refractivity contribution in [3.63, 3.8) is 0 Å². The van der Waals surface area contributed by atoms with E-state index in [9.17, 15) is 14.4 Å². The van der Waals surface area contributed by atoms with Crippen LogP contribution in [0.5, 0.6) is 0 Å². The lowest BCUT2D eigenvalue weighted by atomic mass is 9.79. The van der Waals surface area contributed by atoms with E-state index in [-0.39, 0.29) is 30.7 Å². The fraction of sp³-hybridized carbons (Fsp3) is 0.842. The molecule has 3 heterocycles. The van der Waals surface area contributed by atoms with E-state index < -0.39 is 17.1 Å². The Morgan fingerprint density at radius 3 is 1.78 bits per heavy atom. The number of rotatable bonds is 11.